The molecule has 1 heterocycles. The summed E-state index contributed by atoms with van der Waals surface area (Å²) in [6.07, 6.45) is 0. The number of benzene rings is 2. The lowest BCUT2D eigenvalue weighted by Gasteiger charge is -2.13. The van der Waals surface area contributed by atoms with Crippen molar-refractivity contribution in [3.63, 3.8) is 0 Å². The second kappa shape index (κ2) is 7.00. The minimum atomic E-state index is -0.231. The van der Waals surface area contributed by atoms with Gasteiger partial charge in [0.1, 0.15) is 5.69 Å². The number of aromatic nitrogens is 1. The fraction of sp³-hybridized carbons (Fsp3) is 0.158. The van der Waals surface area contributed by atoms with Crippen LogP contribution in [0.4, 0.5) is 0 Å². The normalized spacial score (nSPS) is 10.4. The van der Waals surface area contributed by atoms with E-state index in [4.69, 9.17) is 9.47 Å². The molecule has 0 saturated carbocycles. The summed E-state index contributed by atoms with van der Waals surface area (Å²) < 4.78 is 10.6. The van der Waals surface area contributed by atoms with Crippen LogP contribution in [0.25, 0.3) is 10.9 Å². The van der Waals surface area contributed by atoms with E-state index in [1.54, 1.807) is 20.3 Å². The molecule has 0 aliphatic rings. The highest BCUT2D eigenvalue weighted by Gasteiger charge is 2.12. The van der Waals surface area contributed by atoms with Crippen molar-refractivity contribution in [2.75, 3.05) is 14.2 Å². The standard InChI is InChI=1S/C19H18N2O3/c1-23-17-9-5-7-14(18(17)24-2)12-20-19(22)16-11-10-13-6-3-4-8-15(13)21-16/h3-11H,12H2,1-2H3,(H,20,22). The molecule has 122 valence electrons. The Balaban J connectivity index is 1.77. The number of hydrogen-bond acceptors (Lipinski definition) is 4. The highest BCUT2D eigenvalue weighted by atomic mass is 16.5. The van der Waals surface area contributed by atoms with Gasteiger partial charge in [0.25, 0.3) is 5.91 Å². The fourth-order valence-electron chi connectivity index (χ4n) is 2.55. The van der Waals surface area contributed by atoms with Gasteiger partial charge in [-0.05, 0) is 18.2 Å². The molecule has 3 aromatic rings. The molecule has 0 saturated heterocycles. The van der Waals surface area contributed by atoms with Gasteiger partial charge in [-0.2, -0.15) is 0 Å². The number of para-hydroxylation sites is 2. The molecule has 5 nitrogen and oxygen atoms in total. The van der Waals surface area contributed by atoms with Crippen LogP contribution in [0.2, 0.25) is 0 Å². The van der Waals surface area contributed by atoms with Crippen molar-refractivity contribution in [1.29, 1.82) is 0 Å². The monoisotopic (exact) mass is 322 g/mol. The molecule has 5 heteroatoms. The van der Waals surface area contributed by atoms with Crippen LogP contribution in [0.3, 0.4) is 0 Å². The Morgan fingerprint density at radius 2 is 1.83 bits per heavy atom. The van der Waals surface area contributed by atoms with E-state index < -0.39 is 0 Å². The summed E-state index contributed by atoms with van der Waals surface area (Å²) in [4.78, 5) is 16.8. The molecular weight excluding hydrogens is 304 g/mol. The summed E-state index contributed by atoms with van der Waals surface area (Å²) >= 11 is 0. The number of carbonyl (C=O) groups is 1. The maximum Gasteiger partial charge on any atom is 0.270 e. The number of nitrogens with zero attached hydrogens (tertiary/aromatic N) is 1. The first-order chi connectivity index (χ1) is 11.7. The zero-order valence-corrected chi connectivity index (χ0v) is 13.6. The highest BCUT2D eigenvalue weighted by Crippen LogP contribution is 2.30. The van der Waals surface area contributed by atoms with Crippen LogP contribution in [0.5, 0.6) is 11.5 Å². The van der Waals surface area contributed by atoms with Crippen LogP contribution < -0.4 is 14.8 Å². The number of amides is 1. The summed E-state index contributed by atoms with van der Waals surface area (Å²) in [7, 11) is 3.16. The number of fused-ring (bicyclic) bond motifs is 1. The molecular formula is C19H18N2O3. The number of pyridine rings is 1. The average molecular weight is 322 g/mol. The van der Waals surface area contributed by atoms with Crippen LogP contribution in [0.15, 0.2) is 54.6 Å². The van der Waals surface area contributed by atoms with E-state index in [0.717, 1.165) is 16.5 Å². The van der Waals surface area contributed by atoms with Gasteiger partial charge in [-0.15, -0.1) is 0 Å². The molecule has 0 bridgehead atoms. The summed E-state index contributed by atoms with van der Waals surface area (Å²) in [6.45, 7) is 0.327. The van der Waals surface area contributed by atoms with Crippen LogP contribution in [-0.4, -0.2) is 25.1 Å². The second-order valence-electron chi connectivity index (χ2n) is 5.22. The van der Waals surface area contributed by atoms with E-state index in [2.05, 4.69) is 10.3 Å². The smallest absolute Gasteiger partial charge is 0.270 e. The third-order valence-electron chi connectivity index (χ3n) is 3.75. The Kier molecular flexibility index (Phi) is 4.61. The molecule has 0 spiro atoms. The van der Waals surface area contributed by atoms with Crippen molar-refractivity contribution in [1.82, 2.24) is 10.3 Å². The quantitative estimate of drug-likeness (QED) is 0.784. The molecule has 0 fully saturated rings. The van der Waals surface area contributed by atoms with E-state index in [-0.39, 0.29) is 5.91 Å². The first-order valence-corrected chi connectivity index (χ1v) is 7.57. The third-order valence-corrected chi connectivity index (χ3v) is 3.75. The molecule has 0 radical (unpaired) electrons. The predicted octanol–water partition coefficient (Wildman–Crippen LogP) is 3.18. The van der Waals surface area contributed by atoms with Crippen LogP contribution in [0.1, 0.15) is 16.1 Å². The van der Waals surface area contributed by atoms with Crippen molar-refractivity contribution in [2.45, 2.75) is 6.54 Å². The molecule has 1 amide bonds. The number of nitrogens with one attached hydrogen (secondary N) is 1. The third kappa shape index (κ3) is 3.15. The minimum Gasteiger partial charge on any atom is -0.493 e. The van der Waals surface area contributed by atoms with Crippen LogP contribution in [0, 0.1) is 0 Å². The largest absolute Gasteiger partial charge is 0.493 e. The van der Waals surface area contributed by atoms with Gasteiger partial charge >= 0.3 is 0 Å². The number of methoxy groups -OCH3 is 2. The van der Waals surface area contributed by atoms with Crippen molar-refractivity contribution < 1.29 is 14.3 Å². The lowest BCUT2D eigenvalue weighted by atomic mass is 10.1. The van der Waals surface area contributed by atoms with Crippen molar-refractivity contribution in [3.8, 4) is 11.5 Å². The van der Waals surface area contributed by atoms with Crippen molar-refractivity contribution in [2.24, 2.45) is 0 Å². The molecule has 0 unspecified atom stereocenters. The SMILES string of the molecule is COc1cccc(CNC(=O)c2ccc3ccccc3n2)c1OC. The fourth-order valence-corrected chi connectivity index (χ4v) is 2.55. The number of carbonyl (C=O) groups excluding carboxylic acids is 1. The number of rotatable bonds is 5. The molecule has 24 heavy (non-hydrogen) atoms. The summed E-state index contributed by atoms with van der Waals surface area (Å²) in [5.41, 5.74) is 2.02. The van der Waals surface area contributed by atoms with Gasteiger partial charge in [0.2, 0.25) is 0 Å². The van der Waals surface area contributed by atoms with Crippen LogP contribution in [-0.2, 0) is 6.54 Å². The van der Waals surface area contributed by atoms with E-state index >= 15 is 0 Å². The van der Waals surface area contributed by atoms with Gasteiger partial charge in [0.05, 0.1) is 19.7 Å². The first-order valence-electron chi connectivity index (χ1n) is 7.57. The Hall–Kier alpha value is -3.08. The van der Waals surface area contributed by atoms with E-state index in [0.29, 0.717) is 23.7 Å². The van der Waals surface area contributed by atoms with Gasteiger partial charge in [-0.3, -0.25) is 4.79 Å². The van der Waals surface area contributed by atoms with Crippen molar-refractivity contribution >= 4 is 16.8 Å². The topological polar surface area (TPSA) is 60.5 Å². The molecule has 0 aliphatic heterocycles. The lowest BCUT2D eigenvalue weighted by Crippen LogP contribution is -2.24. The molecule has 0 aliphatic carbocycles. The highest BCUT2D eigenvalue weighted by molar-refractivity contribution is 5.94. The molecule has 0 atom stereocenters. The van der Waals surface area contributed by atoms with Crippen LogP contribution >= 0.6 is 0 Å². The molecule has 3 rings (SSSR count). The average Bonchev–Trinajstić information content (AvgIpc) is 2.65. The first kappa shape index (κ1) is 15.8. The van der Waals surface area contributed by atoms with Gasteiger partial charge in [0.15, 0.2) is 11.5 Å². The summed E-state index contributed by atoms with van der Waals surface area (Å²) in [6, 6.07) is 16.9. The Morgan fingerprint density at radius 1 is 1.00 bits per heavy atom. The Labute approximate surface area is 140 Å². The molecule has 1 aromatic heterocycles. The van der Waals surface area contributed by atoms with Gasteiger partial charge < -0.3 is 14.8 Å². The lowest BCUT2D eigenvalue weighted by molar-refractivity contribution is 0.0946. The van der Waals surface area contributed by atoms with Gasteiger partial charge in [-0.25, -0.2) is 4.98 Å². The zero-order valence-electron chi connectivity index (χ0n) is 13.6. The number of hydrogen-bond donors (Lipinski definition) is 1. The summed E-state index contributed by atoms with van der Waals surface area (Å²) in [5, 5.41) is 3.87. The van der Waals surface area contributed by atoms with Gasteiger partial charge in [0, 0.05) is 17.5 Å². The molecule has 1 N–H and O–H groups in total. The Morgan fingerprint density at radius 3 is 2.62 bits per heavy atom. The maximum absolute atomic E-state index is 12.4. The predicted molar refractivity (Wildman–Crippen MR) is 92.5 cm³/mol. The maximum atomic E-state index is 12.4. The van der Waals surface area contributed by atoms with E-state index in [1.165, 1.54) is 0 Å². The number of ether oxygens (including phenoxy) is 2. The Bertz CT molecular complexity index is 877. The minimum absolute atomic E-state index is 0.231. The zero-order chi connectivity index (χ0) is 16.9. The second-order valence-corrected chi connectivity index (χ2v) is 5.22. The summed E-state index contributed by atoms with van der Waals surface area (Å²) in [5.74, 6) is 1.02. The van der Waals surface area contributed by atoms with Crippen molar-refractivity contribution in [3.05, 3.63) is 65.9 Å². The van der Waals surface area contributed by atoms with E-state index in [1.807, 2.05) is 48.5 Å². The van der Waals surface area contributed by atoms with E-state index in [9.17, 15) is 4.79 Å². The van der Waals surface area contributed by atoms with Gasteiger partial charge in [-0.1, -0.05) is 36.4 Å². The molecule has 2 aromatic carbocycles.